The van der Waals surface area contributed by atoms with Gasteiger partial charge in [-0.2, -0.15) is 4.98 Å². The molecule has 0 saturated carbocycles. The van der Waals surface area contributed by atoms with Crippen LogP contribution in [0, 0.1) is 10.1 Å². The molecule has 0 atom stereocenters. The van der Waals surface area contributed by atoms with Gasteiger partial charge < -0.3 is 9.84 Å². The zero-order valence-electron chi connectivity index (χ0n) is 9.37. The monoisotopic (exact) mass is 326 g/mol. The summed E-state index contributed by atoms with van der Waals surface area (Å²) >= 11 is 3.17. The van der Waals surface area contributed by atoms with Crippen LogP contribution in [0.2, 0.25) is 0 Å². The Morgan fingerprint density at radius 3 is 2.95 bits per heavy atom. The van der Waals surface area contributed by atoms with E-state index in [2.05, 4.69) is 35.9 Å². The maximum absolute atomic E-state index is 11.9. The van der Waals surface area contributed by atoms with Crippen LogP contribution in [-0.4, -0.2) is 21.0 Å². The van der Waals surface area contributed by atoms with Gasteiger partial charge in [0.2, 0.25) is 6.39 Å². The predicted octanol–water partition coefficient (Wildman–Crippen LogP) is 1.67. The largest absolute Gasteiger partial charge is 0.345 e. The molecule has 2 aromatic rings. The number of nitro benzene ring substituents is 1. The first kappa shape index (κ1) is 13.1. The van der Waals surface area contributed by atoms with Crippen LogP contribution < -0.4 is 5.32 Å². The molecule has 1 heterocycles. The number of nitrogens with one attached hydrogen (secondary N) is 1. The second-order valence-corrected chi connectivity index (χ2v) is 4.31. The molecule has 0 unspecified atom stereocenters. The van der Waals surface area contributed by atoms with Gasteiger partial charge >= 0.3 is 0 Å². The van der Waals surface area contributed by atoms with E-state index in [0.717, 1.165) is 6.39 Å². The molecule has 0 aliphatic rings. The Morgan fingerprint density at radius 2 is 2.32 bits per heavy atom. The fraction of sp³-hybridized carbons (Fsp3) is 0.100. The lowest BCUT2D eigenvalue weighted by Crippen LogP contribution is -2.23. The lowest BCUT2D eigenvalue weighted by atomic mass is 10.2. The van der Waals surface area contributed by atoms with Gasteiger partial charge in [0, 0.05) is 16.6 Å². The molecule has 0 fully saturated rings. The Hall–Kier alpha value is -2.29. The molecule has 2 rings (SSSR count). The Morgan fingerprint density at radius 1 is 1.53 bits per heavy atom. The minimum absolute atomic E-state index is 0.0739. The number of hydrogen-bond donors (Lipinski definition) is 1. The molecule has 0 aliphatic carbocycles. The van der Waals surface area contributed by atoms with Crippen LogP contribution >= 0.6 is 15.9 Å². The summed E-state index contributed by atoms with van der Waals surface area (Å²) in [6, 6.07) is 3.94. The van der Waals surface area contributed by atoms with Gasteiger partial charge in [0.05, 0.1) is 17.0 Å². The van der Waals surface area contributed by atoms with E-state index >= 15 is 0 Å². The Labute approximate surface area is 115 Å². The molecule has 1 amide bonds. The number of nitro groups is 1. The minimum Gasteiger partial charge on any atom is -0.345 e. The van der Waals surface area contributed by atoms with Gasteiger partial charge in [-0.15, -0.1) is 0 Å². The highest BCUT2D eigenvalue weighted by Gasteiger charge is 2.15. The summed E-state index contributed by atoms with van der Waals surface area (Å²) in [6.07, 6.45) is 1.14. The summed E-state index contributed by atoms with van der Waals surface area (Å²) in [5, 5.41) is 16.7. The molecule has 1 aromatic carbocycles. The lowest BCUT2D eigenvalue weighted by Gasteiger charge is -2.04. The molecule has 9 heteroatoms. The highest BCUT2D eigenvalue weighted by molar-refractivity contribution is 9.10. The first-order chi connectivity index (χ1) is 9.08. The Balaban J connectivity index is 2.14. The number of carbonyl (C=O) groups excluding carboxylic acids is 1. The number of benzene rings is 1. The Bertz CT molecular complexity index is 614. The van der Waals surface area contributed by atoms with Gasteiger partial charge in [-0.05, 0) is 22.0 Å². The topological polar surface area (TPSA) is 111 Å². The van der Waals surface area contributed by atoms with E-state index in [1.165, 1.54) is 18.2 Å². The molecule has 19 heavy (non-hydrogen) atoms. The van der Waals surface area contributed by atoms with Crippen LogP contribution in [0.25, 0.3) is 0 Å². The summed E-state index contributed by atoms with van der Waals surface area (Å²) in [5.74, 6) is -0.157. The maximum atomic E-state index is 11.9. The van der Waals surface area contributed by atoms with Crippen LogP contribution in [0.4, 0.5) is 5.69 Å². The van der Waals surface area contributed by atoms with Crippen molar-refractivity contribution in [2.24, 2.45) is 0 Å². The molecule has 98 valence electrons. The van der Waals surface area contributed by atoms with Gasteiger partial charge in [0.1, 0.15) is 0 Å². The summed E-state index contributed by atoms with van der Waals surface area (Å²) in [6.45, 7) is 0.0739. The molecule has 0 aliphatic heterocycles. The maximum Gasteiger partial charge on any atom is 0.270 e. The van der Waals surface area contributed by atoms with Gasteiger partial charge in [-0.25, -0.2) is 0 Å². The fourth-order valence-electron chi connectivity index (χ4n) is 1.33. The van der Waals surface area contributed by atoms with E-state index in [4.69, 9.17) is 0 Å². The zero-order chi connectivity index (χ0) is 13.8. The van der Waals surface area contributed by atoms with Gasteiger partial charge in [-0.1, -0.05) is 5.16 Å². The van der Waals surface area contributed by atoms with E-state index in [9.17, 15) is 14.9 Å². The first-order valence-electron chi connectivity index (χ1n) is 5.05. The highest BCUT2D eigenvalue weighted by Crippen LogP contribution is 2.22. The van der Waals surface area contributed by atoms with Gasteiger partial charge in [0.15, 0.2) is 5.82 Å². The van der Waals surface area contributed by atoms with E-state index in [0.29, 0.717) is 10.3 Å². The lowest BCUT2D eigenvalue weighted by molar-refractivity contribution is -0.384. The smallest absolute Gasteiger partial charge is 0.270 e. The number of non-ortho nitro benzene ring substituents is 1. The van der Waals surface area contributed by atoms with Crippen molar-refractivity contribution >= 4 is 27.5 Å². The van der Waals surface area contributed by atoms with Gasteiger partial charge in [0.25, 0.3) is 11.6 Å². The average Bonchev–Trinajstić information content (AvgIpc) is 2.89. The van der Waals surface area contributed by atoms with Crippen molar-refractivity contribution in [1.29, 1.82) is 0 Å². The third-order valence-electron chi connectivity index (χ3n) is 2.22. The van der Waals surface area contributed by atoms with Crippen molar-refractivity contribution in [3.05, 3.63) is 50.6 Å². The van der Waals surface area contributed by atoms with Crippen LogP contribution in [0.15, 0.2) is 33.6 Å². The normalized spacial score (nSPS) is 10.2. The second kappa shape index (κ2) is 5.57. The SMILES string of the molecule is O=C(NCc1ncon1)c1cc([N+](=O)[O-])ccc1Br. The standard InChI is InChI=1S/C10H7BrN4O4/c11-8-2-1-6(15(17)18)3-7(8)10(16)12-4-9-13-5-19-14-9/h1-3,5H,4H2,(H,12,16). The van der Waals surface area contributed by atoms with E-state index in [1.807, 2.05) is 0 Å². The molecular weight excluding hydrogens is 320 g/mol. The van der Waals surface area contributed by atoms with Crippen molar-refractivity contribution in [3.8, 4) is 0 Å². The number of rotatable bonds is 4. The number of amides is 1. The van der Waals surface area contributed by atoms with Crippen molar-refractivity contribution in [2.45, 2.75) is 6.54 Å². The number of carbonyl (C=O) groups is 1. The number of aromatic nitrogens is 2. The Kier molecular flexibility index (Phi) is 3.85. The summed E-state index contributed by atoms with van der Waals surface area (Å²) in [4.78, 5) is 25.7. The summed E-state index contributed by atoms with van der Waals surface area (Å²) in [5.41, 5.74) is 0.00519. The molecule has 0 saturated heterocycles. The van der Waals surface area contributed by atoms with Crippen LogP contribution in [-0.2, 0) is 6.54 Å². The van der Waals surface area contributed by atoms with Crippen LogP contribution in [0.1, 0.15) is 16.2 Å². The third-order valence-corrected chi connectivity index (χ3v) is 2.91. The number of halogens is 1. The van der Waals surface area contributed by atoms with Crippen molar-refractivity contribution in [1.82, 2.24) is 15.5 Å². The molecule has 8 nitrogen and oxygen atoms in total. The van der Waals surface area contributed by atoms with E-state index < -0.39 is 10.8 Å². The predicted molar refractivity (Wildman–Crippen MR) is 66.3 cm³/mol. The van der Waals surface area contributed by atoms with Crippen LogP contribution in [0.5, 0.6) is 0 Å². The summed E-state index contributed by atoms with van der Waals surface area (Å²) in [7, 11) is 0. The van der Waals surface area contributed by atoms with Crippen LogP contribution in [0.3, 0.4) is 0 Å². The molecule has 1 N–H and O–H groups in total. The van der Waals surface area contributed by atoms with Crippen molar-refractivity contribution in [2.75, 3.05) is 0 Å². The van der Waals surface area contributed by atoms with Gasteiger partial charge in [-0.3, -0.25) is 14.9 Å². The first-order valence-corrected chi connectivity index (χ1v) is 5.84. The molecular formula is C10H7BrN4O4. The summed E-state index contributed by atoms with van der Waals surface area (Å²) < 4.78 is 4.98. The molecule has 0 bridgehead atoms. The molecule has 0 spiro atoms. The minimum atomic E-state index is -0.567. The third kappa shape index (κ3) is 3.13. The fourth-order valence-corrected chi connectivity index (χ4v) is 1.75. The van der Waals surface area contributed by atoms with Crippen molar-refractivity contribution in [3.63, 3.8) is 0 Å². The quantitative estimate of drug-likeness (QED) is 0.675. The highest BCUT2D eigenvalue weighted by atomic mass is 79.9. The average molecular weight is 327 g/mol. The molecule has 0 radical (unpaired) electrons. The second-order valence-electron chi connectivity index (χ2n) is 3.45. The van der Waals surface area contributed by atoms with E-state index in [-0.39, 0.29) is 17.8 Å². The number of nitrogens with zero attached hydrogens (tertiary/aromatic N) is 3. The molecule has 1 aromatic heterocycles. The zero-order valence-corrected chi connectivity index (χ0v) is 11.0. The number of hydrogen-bond acceptors (Lipinski definition) is 6. The van der Waals surface area contributed by atoms with Crippen molar-refractivity contribution < 1.29 is 14.2 Å². The van der Waals surface area contributed by atoms with E-state index in [1.54, 1.807) is 0 Å².